The van der Waals surface area contributed by atoms with Gasteiger partial charge in [0.1, 0.15) is 0 Å². The van der Waals surface area contributed by atoms with Crippen molar-refractivity contribution in [3.05, 3.63) is 344 Å². The molecule has 5 nitrogen and oxygen atoms in total. The summed E-state index contributed by atoms with van der Waals surface area (Å²) >= 11 is 0. The maximum atomic E-state index is 12.0. The Morgan fingerprint density at radius 2 is 0.625 bits per heavy atom. The first-order valence-electron chi connectivity index (χ1n) is 38.8. The lowest BCUT2D eigenvalue weighted by atomic mass is 9.85. The van der Waals surface area contributed by atoms with Gasteiger partial charge in [-0.05, 0) is 122 Å². The third-order valence-corrected chi connectivity index (χ3v) is 28.0. The molecule has 16 rings (SSSR count). The summed E-state index contributed by atoms with van der Waals surface area (Å²) in [5, 5.41) is 8.10. The van der Waals surface area contributed by atoms with Crippen molar-refractivity contribution in [3.8, 4) is 45.5 Å². The van der Waals surface area contributed by atoms with Crippen molar-refractivity contribution in [2.24, 2.45) is 0 Å². The van der Waals surface area contributed by atoms with Crippen LogP contribution in [0.2, 0.25) is 0 Å². The molecule has 0 unspecified atom stereocenters. The van der Waals surface area contributed by atoms with E-state index in [0.29, 0.717) is 42.2 Å². The summed E-state index contributed by atoms with van der Waals surface area (Å²) in [5.41, 5.74) is 5.31. The van der Waals surface area contributed by atoms with E-state index in [1.807, 2.05) is 187 Å². The molecule has 96 heavy (non-hydrogen) atoms. The van der Waals surface area contributed by atoms with Crippen LogP contribution in [0.25, 0.3) is 89.2 Å². The number of para-hydroxylation sites is 2. The average molecular weight is 1280 g/mol. The highest BCUT2D eigenvalue weighted by Gasteiger charge is 2.47. The Hall–Kier alpha value is -11.1. The Kier molecular flexibility index (Phi) is 11.7. The fourth-order valence-corrected chi connectivity index (χ4v) is 23.5. The molecular weight excluding hydrogens is 1200 g/mol. The van der Waals surface area contributed by atoms with E-state index >= 15 is 0 Å². The van der Waals surface area contributed by atoms with E-state index in [-0.39, 0.29) is 73.7 Å². The Morgan fingerprint density at radius 3 is 1.00 bits per heavy atom. The van der Waals surface area contributed by atoms with Gasteiger partial charge in [-0.3, -0.25) is 9.13 Å². The van der Waals surface area contributed by atoms with Crippen LogP contribution in [0.3, 0.4) is 0 Å². The summed E-state index contributed by atoms with van der Waals surface area (Å²) in [7, 11) is -9.05. The second-order valence-electron chi connectivity index (χ2n) is 26.6. The zero-order valence-electron chi connectivity index (χ0n) is 67.0. The minimum absolute atomic E-state index is 0.0415. The molecule has 462 valence electrons. The van der Waals surface area contributed by atoms with E-state index in [0.717, 1.165) is 54.7 Å². The van der Waals surface area contributed by atoms with Gasteiger partial charge in [-0.1, -0.05) is 338 Å². The van der Waals surface area contributed by atoms with E-state index in [1.54, 1.807) is 24.3 Å². The Labute approximate surface area is 582 Å². The Balaban J connectivity index is 1.15. The monoisotopic (exact) mass is 1280 g/mol. The number of fused-ring (bicyclic) bond motifs is 6. The smallest absolute Gasteiger partial charge is 0.240 e. The Morgan fingerprint density at radius 1 is 0.281 bits per heavy atom. The first-order valence-corrected chi connectivity index (χ1v) is 36.3. The highest BCUT2D eigenvalue weighted by atomic mass is 28.3. The highest BCUT2D eigenvalue weighted by molar-refractivity contribution is 7.22. The maximum absolute atomic E-state index is 12.0. The number of aromatic nitrogens is 5. The van der Waals surface area contributed by atoms with Gasteiger partial charge in [-0.25, -0.2) is 0 Å². The summed E-state index contributed by atoms with van der Waals surface area (Å²) in [4.78, 5) is 17.1. The second-order valence-corrected chi connectivity index (χ2v) is 34.0. The molecule has 0 bridgehead atoms. The fraction of sp³-hybridized carbons (Fsp3) is 0.0899. The molecule has 0 aliphatic heterocycles. The second kappa shape index (κ2) is 24.0. The molecule has 13 aromatic carbocycles. The van der Waals surface area contributed by atoms with Crippen molar-refractivity contribution in [1.82, 2.24) is 24.1 Å². The molecule has 0 spiro atoms. The highest BCUT2D eigenvalue weighted by Crippen LogP contribution is 2.39. The zero-order chi connectivity index (χ0) is 76.5. The summed E-state index contributed by atoms with van der Waals surface area (Å²) in [6, 6.07) is 77.1. The van der Waals surface area contributed by atoms with Crippen LogP contribution in [0, 0.1) is 0 Å². The van der Waals surface area contributed by atoms with Gasteiger partial charge in [-0.2, -0.15) is 15.0 Å². The van der Waals surface area contributed by atoms with Crippen LogP contribution in [-0.4, -0.2) is 40.2 Å². The van der Waals surface area contributed by atoms with Crippen LogP contribution in [0.4, 0.5) is 0 Å². The molecule has 3 aromatic heterocycles. The van der Waals surface area contributed by atoms with Gasteiger partial charge in [0.2, 0.25) is 11.9 Å². The van der Waals surface area contributed by atoms with Gasteiger partial charge in [0.05, 0.1) is 39.9 Å². The summed E-state index contributed by atoms with van der Waals surface area (Å²) in [6.07, 6.45) is 0. The molecule has 0 N–H and O–H groups in total. The predicted molar refractivity (Wildman–Crippen MR) is 409 cm³/mol. The van der Waals surface area contributed by atoms with Crippen molar-refractivity contribution in [3.63, 3.8) is 0 Å². The maximum Gasteiger partial charge on any atom is 0.240 e. The summed E-state index contributed by atoms with van der Waals surface area (Å²) in [5.74, 6) is 0.275. The quantitative estimate of drug-likeness (QED) is 0.0854. The number of rotatable bonds is 13. The lowest BCUT2D eigenvalue weighted by molar-refractivity contribution is 0.590. The third kappa shape index (κ3) is 10.3. The van der Waals surface area contributed by atoms with Gasteiger partial charge >= 0.3 is 0 Å². The minimum Gasteiger partial charge on any atom is -0.278 e. The van der Waals surface area contributed by atoms with Crippen molar-refractivity contribution in [1.29, 1.82) is 0 Å². The third-order valence-electron chi connectivity index (χ3n) is 18.8. The van der Waals surface area contributed by atoms with E-state index in [9.17, 15) is 9.60 Å². The molecule has 0 radical (unpaired) electrons. The van der Waals surface area contributed by atoms with Gasteiger partial charge in [0, 0.05) is 27.1 Å². The first kappa shape index (κ1) is 46.9. The van der Waals surface area contributed by atoms with Gasteiger partial charge in [-0.15, -0.1) is 0 Å². The summed E-state index contributed by atoms with van der Waals surface area (Å²) < 4.78 is 131. The topological polar surface area (TPSA) is 48.5 Å². The molecule has 0 saturated carbocycles. The van der Waals surface area contributed by atoms with E-state index in [1.165, 1.54) is 0 Å². The fourth-order valence-electron chi connectivity index (χ4n) is 14.2. The van der Waals surface area contributed by atoms with Gasteiger partial charge < -0.3 is 0 Å². The van der Waals surface area contributed by atoms with Crippen molar-refractivity contribution >= 4 is 101 Å². The van der Waals surface area contributed by atoms with E-state index in [4.69, 9.17) is 23.2 Å². The van der Waals surface area contributed by atoms with E-state index < -0.39 is 76.6 Å². The molecular formula is C89H73N5Si2. The number of hydrogen-bond donors (Lipinski definition) is 0. The van der Waals surface area contributed by atoms with Crippen LogP contribution < -0.4 is 41.5 Å². The number of benzene rings is 13. The molecule has 7 heteroatoms. The number of nitrogens with zero attached hydrogens (tertiary/aromatic N) is 5. The molecule has 16 aromatic rings. The normalized spacial score (nSPS) is 14.2. The van der Waals surface area contributed by atoms with Crippen LogP contribution in [0.15, 0.2) is 333 Å². The van der Waals surface area contributed by atoms with E-state index in [2.05, 4.69) is 94.6 Å². The number of hydrogen-bond acceptors (Lipinski definition) is 3. The van der Waals surface area contributed by atoms with Crippen molar-refractivity contribution < 1.29 is 17.8 Å². The molecule has 3 heterocycles. The van der Waals surface area contributed by atoms with Crippen LogP contribution in [-0.2, 0) is 10.8 Å². The summed E-state index contributed by atoms with van der Waals surface area (Å²) in [6.45, 7) is 13.2. The standard InChI is InChI=1S/C89H73N5Si2/c1-88(2,3)67-51-53-83-79(59-67)80-60-68(89(4,5)6)52-54-84(80)94(83)87-91-85(90-86(92-87)93-81-49-27-25-47-77(81)78-48-26-28-50-82(78)93)66-57-75(95(69-37-17-9-18-38-69,70-39-19-10-20-40-70)73-45-29-35-64(55-73)62-31-13-7-14-32-62)61-76(58-66)96(71-41-21-11-22-42-71,72-43-23-12-24-44-72)74-46-30-36-65(56-74)63-33-15-8-16-34-63/h7-61H,1-6H3/i7D,8D,13D,14D,15D,16D,31D,32D,33D,34D,57D,58D,61D. The Bertz CT molecular complexity index is 5890. The molecule has 0 atom stereocenters. The van der Waals surface area contributed by atoms with Crippen LogP contribution in [0.5, 0.6) is 0 Å². The average Bonchev–Trinajstić information content (AvgIpc) is 1.40. The molecule has 0 aliphatic rings. The van der Waals surface area contributed by atoms with Crippen LogP contribution >= 0.6 is 0 Å². The zero-order valence-corrected chi connectivity index (χ0v) is 56.0. The van der Waals surface area contributed by atoms with Crippen molar-refractivity contribution in [2.45, 2.75) is 52.4 Å². The largest absolute Gasteiger partial charge is 0.278 e. The molecule has 0 aliphatic carbocycles. The van der Waals surface area contributed by atoms with Gasteiger partial charge in [0.15, 0.2) is 22.0 Å². The molecule has 0 saturated heterocycles. The lowest BCUT2D eigenvalue weighted by Gasteiger charge is -2.38. The van der Waals surface area contributed by atoms with Gasteiger partial charge in [0.25, 0.3) is 0 Å². The minimum atomic E-state index is -4.52. The van der Waals surface area contributed by atoms with Crippen LogP contribution in [0.1, 0.15) is 70.5 Å². The molecule has 0 amide bonds. The predicted octanol–water partition coefficient (Wildman–Crippen LogP) is 16.4. The lowest BCUT2D eigenvalue weighted by Crippen LogP contribution is -2.78. The van der Waals surface area contributed by atoms with Crippen molar-refractivity contribution in [2.75, 3.05) is 0 Å². The molecule has 0 fully saturated rings. The SMILES string of the molecule is [2H]c1c([2H])c([2H])c(-c2cccc([Si](c3ccccc3)(c3ccccc3)c3c([2H])c(-c4nc(-n5c6ccccc6c6ccccc65)nc(-n5c6ccc(C(C)(C)C)cc6c6cc(C(C)(C)C)ccc65)n4)c([2H])c([Si](c4ccccc4)(c4ccccc4)c4cccc(-c5c([2H])c([2H])c([2H])c([2H])c5[2H])c4)c3[2H])c2)c([2H])c1[2H]. The first-order chi connectivity index (χ1) is 52.3.